The van der Waals surface area contributed by atoms with Crippen LogP contribution in [-0.2, 0) is 0 Å². The fourth-order valence-electron chi connectivity index (χ4n) is 2.80. The average molecular weight is 241 g/mol. The van der Waals surface area contributed by atoms with Gasteiger partial charge < -0.3 is 10.2 Å². The van der Waals surface area contributed by atoms with E-state index in [2.05, 4.69) is 50.0 Å². The third kappa shape index (κ3) is 4.94. The lowest BCUT2D eigenvalue weighted by Crippen LogP contribution is -2.44. The Balaban J connectivity index is 2.42. The lowest BCUT2D eigenvalue weighted by atomic mass is 10.0. The van der Waals surface area contributed by atoms with Crippen LogP contribution in [-0.4, -0.2) is 62.7 Å². The zero-order valence-electron chi connectivity index (χ0n) is 12.4. The predicted molar refractivity (Wildman–Crippen MR) is 75.4 cm³/mol. The van der Waals surface area contributed by atoms with Crippen molar-refractivity contribution in [3.05, 3.63) is 0 Å². The molecular formula is C14H31N3. The van der Waals surface area contributed by atoms with Crippen LogP contribution in [0.15, 0.2) is 0 Å². The van der Waals surface area contributed by atoms with Gasteiger partial charge in [-0.1, -0.05) is 20.8 Å². The summed E-state index contributed by atoms with van der Waals surface area (Å²) in [7, 11) is 4.36. The van der Waals surface area contributed by atoms with Crippen molar-refractivity contribution >= 4 is 0 Å². The van der Waals surface area contributed by atoms with Crippen LogP contribution >= 0.6 is 0 Å². The second kappa shape index (κ2) is 7.34. The summed E-state index contributed by atoms with van der Waals surface area (Å²) in [5.74, 6) is 1.61. The van der Waals surface area contributed by atoms with Crippen LogP contribution in [0.5, 0.6) is 0 Å². The summed E-state index contributed by atoms with van der Waals surface area (Å²) in [4.78, 5) is 5.02. The molecule has 0 bridgehead atoms. The van der Waals surface area contributed by atoms with Gasteiger partial charge >= 0.3 is 0 Å². The van der Waals surface area contributed by atoms with Crippen LogP contribution in [0.2, 0.25) is 0 Å². The molecular weight excluding hydrogens is 210 g/mol. The molecule has 2 atom stereocenters. The summed E-state index contributed by atoms with van der Waals surface area (Å²) in [5, 5.41) is 3.48. The Kier molecular flexibility index (Phi) is 6.45. The van der Waals surface area contributed by atoms with Crippen molar-refractivity contribution < 1.29 is 0 Å². The van der Waals surface area contributed by atoms with Gasteiger partial charge in [0.15, 0.2) is 0 Å². The van der Waals surface area contributed by atoms with Gasteiger partial charge in [-0.25, -0.2) is 0 Å². The van der Waals surface area contributed by atoms with Crippen LogP contribution in [0.25, 0.3) is 0 Å². The van der Waals surface area contributed by atoms with Crippen molar-refractivity contribution in [1.29, 1.82) is 0 Å². The van der Waals surface area contributed by atoms with Gasteiger partial charge in [0.1, 0.15) is 0 Å². The molecule has 1 heterocycles. The molecule has 1 fully saturated rings. The zero-order chi connectivity index (χ0) is 12.8. The number of rotatable bonds is 7. The van der Waals surface area contributed by atoms with Gasteiger partial charge in [-0.3, -0.25) is 4.90 Å². The Labute approximate surface area is 108 Å². The van der Waals surface area contributed by atoms with Gasteiger partial charge in [0.2, 0.25) is 0 Å². The van der Waals surface area contributed by atoms with Gasteiger partial charge in [0.05, 0.1) is 0 Å². The third-order valence-corrected chi connectivity index (χ3v) is 3.79. The highest BCUT2D eigenvalue weighted by molar-refractivity contribution is 4.85. The van der Waals surface area contributed by atoms with E-state index in [0.717, 1.165) is 24.4 Å². The number of hydrogen-bond donors (Lipinski definition) is 1. The molecule has 1 saturated heterocycles. The van der Waals surface area contributed by atoms with Crippen LogP contribution < -0.4 is 5.32 Å². The second-order valence-electron chi connectivity index (χ2n) is 6.03. The molecule has 3 nitrogen and oxygen atoms in total. The van der Waals surface area contributed by atoms with E-state index in [9.17, 15) is 0 Å². The SMILES string of the molecule is CCNCC1CCN(C(CN(C)C)C(C)C)C1. The van der Waals surface area contributed by atoms with Crippen molar-refractivity contribution in [1.82, 2.24) is 15.1 Å². The molecule has 0 radical (unpaired) electrons. The molecule has 2 unspecified atom stereocenters. The number of nitrogens with one attached hydrogen (secondary N) is 1. The van der Waals surface area contributed by atoms with E-state index in [1.54, 1.807) is 0 Å². The topological polar surface area (TPSA) is 18.5 Å². The molecule has 0 spiro atoms. The van der Waals surface area contributed by atoms with Gasteiger partial charge in [0, 0.05) is 19.1 Å². The standard InChI is InChI=1S/C14H31N3/c1-6-15-9-13-7-8-17(10-13)14(12(2)3)11-16(4)5/h12-15H,6-11H2,1-5H3. The van der Waals surface area contributed by atoms with E-state index in [-0.39, 0.29) is 0 Å². The molecule has 0 amide bonds. The minimum atomic E-state index is 0.719. The van der Waals surface area contributed by atoms with Crippen molar-refractivity contribution in [2.45, 2.75) is 33.2 Å². The third-order valence-electron chi connectivity index (χ3n) is 3.79. The van der Waals surface area contributed by atoms with Crippen LogP contribution in [0.4, 0.5) is 0 Å². The first-order valence-electron chi connectivity index (χ1n) is 7.14. The molecule has 1 aliphatic rings. The molecule has 1 N–H and O–H groups in total. The molecule has 102 valence electrons. The zero-order valence-corrected chi connectivity index (χ0v) is 12.4. The molecule has 3 heteroatoms. The second-order valence-corrected chi connectivity index (χ2v) is 6.03. The minimum absolute atomic E-state index is 0.719. The Morgan fingerprint density at radius 2 is 2.06 bits per heavy atom. The molecule has 1 aliphatic heterocycles. The highest BCUT2D eigenvalue weighted by Gasteiger charge is 2.29. The maximum absolute atomic E-state index is 3.48. The van der Waals surface area contributed by atoms with E-state index in [0.29, 0.717) is 0 Å². The lowest BCUT2D eigenvalue weighted by molar-refractivity contribution is 0.148. The molecule has 0 aliphatic carbocycles. The Morgan fingerprint density at radius 1 is 1.35 bits per heavy atom. The number of hydrogen-bond acceptors (Lipinski definition) is 3. The van der Waals surface area contributed by atoms with E-state index in [4.69, 9.17) is 0 Å². The van der Waals surface area contributed by atoms with E-state index in [1.807, 2.05) is 0 Å². The maximum atomic E-state index is 3.48. The van der Waals surface area contributed by atoms with E-state index in [1.165, 1.54) is 32.6 Å². The maximum Gasteiger partial charge on any atom is 0.0246 e. The monoisotopic (exact) mass is 241 g/mol. The van der Waals surface area contributed by atoms with Crippen molar-refractivity contribution in [2.75, 3.05) is 46.8 Å². The number of nitrogens with zero attached hydrogens (tertiary/aromatic N) is 2. The predicted octanol–water partition coefficient (Wildman–Crippen LogP) is 1.50. The van der Waals surface area contributed by atoms with Crippen molar-refractivity contribution in [3.8, 4) is 0 Å². The van der Waals surface area contributed by atoms with Crippen LogP contribution in [0.3, 0.4) is 0 Å². The smallest absolute Gasteiger partial charge is 0.0246 e. The molecule has 0 aromatic rings. The molecule has 17 heavy (non-hydrogen) atoms. The number of likely N-dealkylation sites (tertiary alicyclic amines) is 1. The number of likely N-dealkylation sites (N-methyl/N-ethyl adjacent to an activating group) is 1. The summed E-state index contributed by atoms with van der Waals surface area (Å²) in [5.41, 5.74) is 0. The lowest BCUT2D eigenvalue weighted by Gasteiger charge is -2.33. The normalized spacial score (nSPS) is 23.8. The first-order valence-corrected chi connectivity index (χ1v) is 7.14. The van der Waals surface area contributed by atoms with Crippen LogP contribution in [0, 0.1) is 11.8 Å². The molecule has 0 aromatic heterocycles. The highest BCUT2D eigenvalue weighted by Crippen LogP contribution is 2.22. The first kappa shape index (κ1) is 14.9. The fourth-order valence-corrected chi connectivity index (χ4v) is 2.80. The molecule has 0 saturated carbocycles. The van der Waals surface area contributed by atoms with E-state index < -0.39 is 0 Å². The van der Waals surface area contributed by atoms with E-state index >= 15 is 0 Å². The van der Waals surface area contributed by atoms with Gasteiger partial charge in [-0.2, -0.15) is 0 Å². The molecule has 0 aromatic carbocycles. The van der Waals surface area contributed by atoms with Gasteiger partial charge in [-0.15, -0.1) is 0 Å². The van der Waals surface area contributed by atoms with Gasteiger partial charge in [-0.05, 0) is 52.0 Å². The highest BCUT2D eigenvalue weighted by atomic mass is 15.2. The summed E-state index contributed by atoms with van der Waals surface area (Å²) in [6.07, 6.45) is 1.36. The molecule has 1 rings (SSSR count). The summed E-state index contributed by atoms with van der Waals surface area (Å²) in [6.45, 7) is 12.9. The Morgan fingerprint density at radius 3 is 2.59 bits per heavy atom. The minimum Gasteiger partial charge on any atom is -0.317 e. The van der Waals surface area contributed by atoms with Crippen molar-refractivity contribution in [2.24, 2.45) is 11.8 Å². The first-order chi connectivity index (χ1) is 8.04. The van der Waals surface area contributed by atoms with Crippen LogP contribution in [0.1, 0.15) is 27.2 Å². The summed E-state index contributed by atoms with van der Waals surface area (Å²) in [6, 6.07) is 0.719. The summed E-state index contributed by atoms with van der Waals surface area (Å²) < 4.78 is 0. The fraction of sp³-hybridized carbons (Fsp3) is 1.00. The average Bonchev–Trinajstić information content (AvgIpc) is 2.70. The Bertz CT molecular complexity index is 204. The summed E-state index contributed by atoms with van der Waals surface area (Å²) >= 11 is 0. The largest absolute Gasteiger partial charge is 0.317 e. The Hall–Kier alpha value is -0.120. The quantitative estimate of drug-likeness (QED) is 0.729. The van der Waals surface area contributed by atoms with Crippen molar-refractivity contribution in [3.63, 3.8) is 0 Å². The van der Waals surface area contributed by atoms with Gasteiger partial charge in [0.25, 0.3) is 0 Å².